The number of hydrogen-bond acceptors (Lipinski definition) is 13. The van der Waals surface area contributed by atoms with Gasteiger partial charge in [-0.05, 0) is 20.8 Å². The summed E-state index contributed by atoms with van der Waals surface area (Å²) in [6, 6.07) is 0. The lowest BCUT2D eigenvalue weighted by Gasteiger charge is -2.23. The van der Waals surface area contributed by atoms with Crippen LogP contribution in [0.25, 0.3) is 0 Å². The molecule has 0 atom stereocenters. The minimum absolute atomic E-state index is 0.0361. The minimum Gasteiger partial charge on any atom is -0.463 e. The molecule has 220 valence electrons. The number of carbonyl (C=O) groups excluding carboxylic acids is 7. The molecule has 0 radical (unpaired) electrons. The van der Waals surface area contributed by atoms with Crippen LogP contribution in [0, 0.1) is 5.41 Å². The quantitative estimate of drug-likeness (QED) is 0.0695. The topological polar surface area (TPSA) is 178 Å². The first kappa shape index (κ1) is 34.1. The largest absolute Gasteiger partial charge is 0.463 e. The summed E-state index contributed by atoms with van der Waals surface area (Å²) in [5.74, 6) is -4.54. The number of carbonyl (C=O) groups is 7. The molecule has 0 unspecified atom stereocenters. The van der Waals surface area contributed by atoms with Crippen molar-refractivity contribution in [1.29, 1.82) is 0 Å². The highest BCUT2D eigenvalue weighted by Gasteiger charge is 2.51. The minimum atomic E-state index is -2.25. The zero-order valence-electron chi connectivity index (χ0n) is 22.7. The van der Waals surface area contributed by atoms with Crippen LogP contribution in [0.5, 0.6) is 0 Å². The zero-order chi connectivity index (χ0) is 29.3. The van der Waals surface area contributed by atoms with Crippen LogP contribution < -0.4 is 0 Å². The van der Waals surface area contributed by atoms with Crippen LogP contribution in [-0.4, -0.2) is 112 Å². The fourth-order valence-electron chi connectivity index (χ4n) is 3.65. The van der Waals surface area contributed by atoms with Crippen LogP contribution >= 0.6 is 0 Å². The Bertz CT molecular complexity index is 833. The molecule has 14 heteroatoms. The summed E-state index contributed by atoms with van der Waals surface area (Å²) in [5.41, 5.74) is -2.25. The van der Waals surface area contributed by atoms with E-state index >= 15 is 0 Å². The summed E-state index contributed by atoms with van der Waals surface area (Å²) in [6.45, 7) is 4.72. The summed E-state index contributed by atoms with van der Waals surface area (Å²) in [4.78, 5) is 87.3. The third-order valence-electron chi connectivity index (χ3n) is 5.62. The smallest absolute Gasteiger partial charge is 0.308 e. The average molecular weight is 560 g/mol. The first-order valence-corrected chi connectivity index (χ1v) is 12.6. The number of nitrogens with zero attached hydrogens (tertiary/aromatic N) is 1. The highest BCUT2D eigenvalue weighted by atomic mass is 16.7. The van der Waals surface area contributed by atoms with Crippen molar-refractivity contribution in [3.63, 3.8) is 0 Å². The molecule has 1 rings (SSSR count). The van der Waals surface area contributed by atoms with Gasteiger partial charge in [0.1, 0.15) is 6.61 Å². The van der Waals surface area contributed by atoms with E-state index in [0.717, 1.165) is 20.8 Å². The Morgan fingerprint density at radius 1 is 0.615 bits per heavy atom. The van der Waals surface area contributed by atoms with Gasteiger partial charge in [-0.15, -0.1) is 0 Å². The number of ketones is 4. The second-order valence-electron chi connectivity index (χ2n) is 8.43. The van der Waals surface area contributed by atoms with Crippen LogP contribution in [0.1, 0.15) is 46.5 Å². The maximum absolute atomic E-state index is 12.4. The monoisotopic (exact) mass is 559 g/mol. The molecule has 0 bridgehead atoms. The number of hydrogen-bond donors (Lipinski definition) is 0. The first-order valence-electron chi connectivity index (χ1n) is 12.6. The maximum Gasteiger partial charge on any atom is 0.308 e. The second kappa shape index (κ2) is 18.4. The number of imide groups is 1. The molecule has 0 aromatic carbocycles. The Hall–Kier alpha value is -2.91. The van der Waals surface area contributed by atoms with Gasteiger partial charge in [0.2, 0.25) is 5.41 Å². The molecule has 0 spiro atoms. The molecular formula is C25H37NO13. The molecule has 1 aliphatic heterocycles. The van der Waals surface area contributed by atoms with Gasteiger partial charge >= 0.3 is 5.97 Å². The lowest BCUT2D eigenvalue weighted by molar-refractivity contribution is -0.189. The van der Waals surface area contributed by atoms with Crippen molar-refractivity contribution in [2.75, 3.05) is 66.1 Å². The average Bonchev–Trinajstić information content (AvgIpc) is 3.18. The fraction of sp³-hybridized carbons (Fsp3) is 0.720. The SMILES string of the molecule is CC(=O)C(C(C)=O)(C(C)=O)C(=O)CCOCCOCCOCCOCCOC(=O)CCON1C(=O)CCC1=O. The van der Waals surface area contributed by atoms with Crippen molar-refractivity contribution in [2.24, 2.45) is 5.41 Å². The van der Waals surface area contributed by atoms with Crippen molar-refractivity contribution >= 4 is 40.9 Å². The number of esters is 1. The van der Waals surface area contributed by atoms with E-state index in [4.69, 9.17) is 28.5 Å². The van der Waals surface area contributed by atoms with Crippen LogP contribution in [0.4, 0.5) is 0 Å². The molecule has 1 fully saturated rings. The van der Waals surface area contributed by atoms with Crippen molar-refractivity contribution < 1.29 is 62.1 Å². The van der Waals surface area contributed by atoms with Gasteiger partial charge in [0.25, 0.3) is 11.8 Å². The van der Waals surface area contributed by atoms with E-state index in [9.17, 15) is 33.6 Å². The standard InChI is InChI=1S/C25H37NO13/c1-18(27)25(19(2)28,20(3)29)21(30)6-8-34-10-11-35-12-13-36-14-15-37-16-17-38-24(33)7-9-39-26-22(31)4-5-23(26)32/h4-17H2,1-3H3. The van der Waals surface area contributed by atoms with Crippen molar-refractivity contribution in [1.82, 2.24) is 5.06 Å². The Morgan fingerprint density at radius 2 is 1.03 bits per heavy atom. The van der Waals surface area contributed by atoms with Crippen molar-refractivity contribution in [3.05, 3.63) is 0 Å². The van der Waals surface area contributed by atoms with E-state index in [1.807, 2.05) is 0 Å². The van der Waals surface area contributed by atoms with Gasteiger partial charge in [-0.1, -0.05) is 0 Å². The van der Waals surface area contributed by atoms with E-state index in [2.05, 4.69) is 0 Å². The van der Waals surface area contributed by atoms with E-state index in [1.54, 1.807) is 0 Å². The summed E-state index contributed by atoms with van der Waals surface area (Å²) in [5, 5.41) is 0.678. The molecule has 39 heavy (non-hydrogen) atoms. The zero-order valence-corrected chi connectivity index (χ0v) is 22.7. The van der Waals surface area contributed by atoms with E-state index in [1.165, 1.54) is 0 Å². The highest BCUT2D eigenvalue weighted by molar-refractivity contribution is 6.37. The first-order chi connectivity index (χ1) is 18.5. The molecule has 0 aromatic heterocycles. The fourth-order valence-corrected chi connectivity index (χ4v) is 3.65. The molecule has 0 aromatic rings. The normalized spacial score (nSPS) is 13.6. The van der Waals surface area contributed by atoms with E-state index in [-0.39, 0.29) is 71.9 Å². The Labute approximate surface area is 226 Å². The van der Waals surface area contributed by atoms with Gasteiger partial charge in [0.15, 0.2) is 23.1 Å². The number of ether oxygens (including phenoxy) is 5. The third-order valence-corrected chi connectivity index (χ3v) is 5.62. The van der Waals surface area contributed by atoms with Crippen LogP contribution in [0.2, 0.25) is 0 Å². The number of hydroxylamine groups is 2. The summed E-state index contributed by atoms with van der Waals surface area (Å²) in [6.07, 6.45) is -0.142. The lowest BCUT2D eigenvalue weighted by Crippen LogP contribution is -2.50. The number of Topliss-reactive ketones (excluding diaryl/α,β-unsaturated/α-hetero) is 4. The van der Waals surface area contributed by atoms with Crippen molar-refractivity contribution in [3.8, 4) is 0 Å². The molecular weight excluding hydrogens is 522 g/mol. The number of amides is 2. The predicted octanol–water partition coefficient (Wildman–Crippen LogP) is -0.221. The maximum atomic E-state index is 12.4. The molecule has 0 aliphatic carbocycles. The molecule has 1 heterocycles. The highest BCUT2D eigenvalue weighted by Crippen LogP contribution is 2.25. The molecule has 0 N–H and O–H groups in total. The van der Waals surface area contributed by atoms with Gasteiger partial charge < -0.3 is 23.7 Å². The van der Waals surface area contributed by atoms with Gasteiger partial charge in [-0.3, -0.25) is 38.4 Å². The van der Waals surface area contributed by atoms with Gasteiger partial charge in [-0.25, -0.2) is 0 Å². The van der Waals surface area contributed by atoms with Crippen molar-refractivity contribution in [2.45, 2.75) is 46.5 Å². The Kier molecular flexibility index (Phi) is 16.1. The van der Waals surface area contributed by atoms with E-state index in [0.29, 0.717) is 24.9 Å². The molecule has 2 amide bonds. The molecule has 1 aliphatic rings. The second-order valence-corrected chi connectivity index (χ2v) is 8.43. The van der Waals surface area contributed by atoms with Crippen LogP contribution in [0.3, 0.4) is 0 Å². The lowest BCUT2D eigenvalue weighted by atomic mass is 9.72. The molecule has 0 saturated carbocycles. The summed E-state index contributed by atoms with van der Waals surface area (Å²) < 4.78 is 26.2. The van der Waals surface area contributed by atoms with Crippen LogP contribution in [-0.2, 0) is 62.1 Å². The molecule has 1 saturated heterocycles. The molecule has 14 nitrogen and oxygen atoms in total. The van der Waals surface area contributed by atoms with E-state index < -0.39 is 46.3 Å². The third kappa shape index (κ3) is 11.4. The van der Waals surface area contributed by atoms with Crippen LogP contribution in [0.15, 0.2) is 0 Å². The Balaban J connectivity index is 1.94. The van der Waals surface area contributed by atoms with Gasteiger partial charge in [0, 0.05) is 19.3 Å². The Morgan fingerprint density at radius 3 is 1.46 bits per heavy atom. The summed E-state index contributed by atoms with van der Waals surface area (Å²) >= 11 is 0. The predicted molar refractivity (Wildman–Crippen MR) is 130 cm³/mol. The summed E-state index contributed by atoms with van der Waals surface area (Å²) in [7, 11) is 0. The van der Waals surface area contributed by atoms with Gasteiger partial charge in [-0.2, -0.15) is 5.06 Å². The van der Waals surface area contributed by atoms with Gasteiger partial charge in [0.05, 0.1) is 65.9 Å². The number of rotatable bonds is 23.